The number of carbonyl (C=O) groups is 1. The van der Waals surface area contributed by atoms with E-state index in [0.717, 1.165) is 59.8 Å². The lowest BCUT2D eigenvalue weighted by Gasteiger charge is -2.24. The molecule has 1 aliphatic rings. The maximum atomic E-state index is 12.2. The highest BCUT2D eigenvalue weighted by atomic mass is 16.5. The zero-order chi connectivity index (χ0) is 25.1. The number of nitrogens with one attached hydrogen (secondary N) is 1. The van der Waals surface area contributed by atoms with Crippen LogP contribution in [0.5, 0.6) is 5.75 Å². The number of hydrogen-bond acceptors (Lipinski definition) is 8. The summed E-state index contributed by atoms with van der Waals surface area (Å²) in [5, 5.41) is 9.49. The molecule has 0 radical (unpaired) electrons. The topological polar surface area (TPSA) is 100 Å². The molecule has 0 unspecified atom stereocenters. The molecule has 0 aliphatic carbocycles. The third-order valence-corrected chi connectivity index (χ3v) is 6.34. The van der Waals surface area contributed by atoms with Crippen LogP contribution in [-0.2, 0) is 16.0 Å². The molecular weight excluding hydrogens is 458 g/mol. The number of aryl methyl sites for hydroxylation is 1. The third kappa shape index (κ3) is 4.87. The van der Waals surface area contributed by atoms with Crippen LogP contribution in [0.15, 0.2) is 48.7 Å². The van der Waals surface area contributed by atoms with Crippen molar-refractivity contribution in [1.82, 2.24) is 19.7 Å². The van der Waals surface area contributed by atoms with E-state index >= 15 is 0 Å². The molecular formula is C27H29N5O4. The highest BCUT2D eigenvalue weighted by Gasteiger charge is 2.23. The first-order valence-corrected chi connectivity index (χ1v) is 12.0. The van der Waals surface area contributed by atoms with Crippen molar-refractivity contribution >= 4 is 22.7 Å². The van der Waals surface area contributed by atoms with Crippen molar-refractivity contribution in [2.24, 2.45) is 0 Å². The van der Waals surface area contributed by atoms with Crippen LogP contribution in [0.1, 0.15) is 34.5 Å². The minimum Gasteiger partial charge on any atom is -0.497 e. The van der Waals surface area contributed by atoms with E-state index in [1.54, 1.807) is 25.4 Å². The summed E-state index contributed by atoms with van der Waals surface area (Å²) in [4.78, 5) is 21.6. The standard InChI is InChI=1S/C27H29N5O4/c1-17-14-23-24(26(29-17)30-20-9-12-36-13-10-20)25(22-15-19(8-11-28-22)27(33)35-3)31-32(23)16-18-4-6-21(34-2)7-5-18/h4-8,11,14-15,20H,9-10,12-13,16H2,1-3H3,(H,29,30). The third-order valence-electron chi connectivity index (χ3n) is 6.34. The molecule has 186 valence electrons. The first-order chi connectivity index (χ1) is 17.6. The number of anilines is 1. The second kappa shape index (κ2) is 10.3. The van der Waals surface area contributed by atoms with Gasteiger partial charge in [0, 0.05) is 31.1 Å². The van der Waals surface area contributed by atoms with Crippen molar-refractivity contribution < 1.29 is 19.0 Å². The summed E-state index contributed by atoms with van der Waals surface area (Å²) in [6, 6.07) is 13.6. The van der Waals surface area contributed by atoms with Gasteiger partial charge in [-0.1, -0.05) is 12.1 Å². The second-order valence-electron chi connectivity index (χ2n) is 8.81. The predicted molar refractivity (Wildman–Crippen MR) is 136 cm³/mol. The van der Waals surface area contributed by atoms with Gasteiger partial charge in [0.2, 0.25) is 0 Å². The molecule has 0 spiro atoms. The van der Waals surface area contributed by atoms with Gasteiger partial charge in [-0.3, -0.25) is 9.67 Å². The van der Waals surface area contributed by atoms with Gasteiger partial charge in [0.05, 0.1) is 42.9 Å². The minimum atomic E-state index is -0.421. The zero-order valence-corrected chi connectivity index (χ0v) is 20.7. The first-order valence-electron chi connectivity index (χ1n) is 12.0. The molecule has 3 aromatic heterocycles. The van der Waals surface area contributed by atoms with E-state index in [4.69, 9.17) is 24.3 Å². The maximum absolute atomic E-state index is 12.2. The molecule has 5 rings (SSSR count). The van der Waals surface area contributed by atoms with Crippen molar-refractivity contribution in [3.63, 3.8) is 0 Å². The fraction of sp³-hybridized carbons (Fsp3) is 0.333. The highest BCUT2D eigenvalue weighted by molar-refractivity contribution is 6.01. The van der Waals surface area contributed by atoms with Crippen molar-refractivity contribution in [3.05, 3.63) is 65.5 Å². The van der Waals surface area contributed by atoms with Crippen molar-refractivity contribution in [1.29, 1.82) is 0 Å². The van der Waals surface area contributed by atoms with Gasteiger partial charge < -0.3 is 19.5 Å². The fourth-order valence-electron chi connectivity index (χ4n) is 4.47. The van der Waals surface area contributed by atoms with E-state index in [2.05, 4.69) is 10.3 Å². The van der Waals surface area contributed by atoms with Gasteiger partial charge in [0.1, 0.15) is 17.3 Å². The zero-order valence-electron chi connectivity index (χ0n) is 20.7. The summed E-state index contributed by atoms with van der Waals surface area (Å²) >= 11 is 0. The number of esters is 1. The Morgan fingerprint density at radius 3 is 2.64 bits per heavy atom. The lowest BCUT2D eigenvalue weighted by Crippen LogP contribution is -2.28. The number of rotatable bonds is 7. The van der Waals surface area contributed by atoms with E-state index in [-0.39, 0.29) is 6.04 Å². The molecule has 1 aliphatic heterocycles. The van der Waals surface area contributed by atoms with E-state index in [9.17, 15) is 4.79 Å². The number of carbonyl (C=O) groups excluding carboxylic acids is 1. The van der Waals surface area contributed by atoms with Gasteiger partial charge in [-0.2, -0.15) is 5.10 Å². The Bertz CT molecular complexity index is 1380. The van der Waals surface area contributed by atoms with Crippen molar-refractivity contribution in [2.75, 3.05) is 32.8 Å². The number of benzene rings is 1. The molecule has 0 atom stereocenters. The van der Waals surface area contributed by atoms with E-state index in [1.807, 2.05) is 41.9 Å². The summed E-state index contributed by atoms with van der Waals surface area (Å²) in [6.45, 7) is 3.98. The Morgan fingerprint density at radius 1 is 1.14 bits per heavy atom. The van der Waals surface area contributed by atoms with Gasteiger partial charge in [0.25, 0.3) is 0 Å². The molecule has 0 saturated carbocycles. The minimum absolute atomic E-state index is 0.253. The normalized spacial score (nSPS) is 14.1. The molecule has 4 aromatic rings. The number of hydrogen-bond donors (Lipinski definition) is 1. The SMILES string of the molecule is COC(=O)c1ccnc(-c2nn(Cc3ccc(OC)cc3)c3cc(C)nc(NC4CCOCC4)c23)c1. The Balaban J connectivity index is 1.65. The van der Waals surface area contributed by atoms with Crippen LogP contribution in [0.3, 0.4) is 0 Å². The van der Waals surface area contributed by atoms with E-state index < -0.39 is 5.97 Å². The number of aromatic nitrogens is 4. The average molecular weight is 488 g/mol. The van der Waals surface area contributed by atoms with Gasteiger partial charge in [-0.05, 0) is 55.7 Å². The largest absolute Gasteiger partial charge is 0.497 e. The van der Waals surface area contributed by atoms with Crippen LogP contribution in [-0.4, -0.2) is 59.2 Å². The quantitative estimate of drug-likeness (QED) is 0.387. The van der Waals surface area contributed by atoms with Crippen LogP contribution in [0.25, 0.3) is 22.3 Å². The Labute approximate surface area is 209 Å². The maximum Gasteiger partial charge on any atom is 0.337 e. The number of pyridine rings is 2. The lowest BCUT2D eigenvalue weighted by molar-refractivity contribution is 0.0600. The Kier molecular flexibility index (Phi) is 6.81. The van der Waals surface area contributed by atoms with Crippen LogP contribution in [0.2, 0.25) is 0 Å². The summed E-state index contributed by atoms with van der Waals surface area (Å²) in [5.41, 5.74) is 4.56. The smallest absolute Gasteiger partial charge is 0.337 e. The first kappa shape index (κ1) is 23.7. The second-order valence-corrected chi connectivity index (χ2v) is 8.81. The van der Waals surface area contributed by atoms with Gasteiger partial charge in [0.15, 0.2) is 0 Å². The molecule has 1 N–H and O–H groups in total. The average Bonchev–Trinajstić information content (AvgIpc) is 3.27. The van der Waals surface area contributed by atoms with Gasteiger partial charge in [-0.15, -0.1) is 0 Å². The molecule has 36 heavy (non-hydrogen) atoms. The molecule has 1 saturated heterocycles. The van der Waals surface area contributed by atoms with Gasteiger partial charge in [-0.25, -0.2) is 9.78 Å². The number of nitrogens with zero attached hydrogens (tertiary/aromatic N) is 4. The molecule has 9 nitrogen and oxygen atoms in total. The highest BCUT2D eigenvalue weighted by Crippen LogP contribution is 2.34. The lowest BCUT2D eigenvalue weighted by atomic mass is 10.1. The number of fused-ring (bicyclic) bond motifs is 1. The molecule has 0 bridgehead atoms. The molecule has 1 fully saturated rings. The van der Waals surface area contributed by atoms with Crippen molar-refractivity contribution in [3.8, 4) is 17.1 Å². The van der Waals surface area contributed by atoms with E-state index in [0.29, 0.717) is 23.5 Å². The summed E-state index contributed by atoms with van der Waals surface area (Å²) in [7, 11) is 3.02. The molecule has 9 heteroatoms. The Morgan fingerprint density at radius 2 is 1.92 bits per heavy atom. The molecule has 0 amide bonds. The van der Waals surface area contributed by atoms with Crippen LogP contribution in [0, 0.1) is 6.92 Å². The Hall–Kier alpha value is -3.98. The number of methoxy groups -OCH3 is 2. The number of ether oxygens (including phenoxy) is 3. The molecule has 4 heterocycles. The fourth-order valence-corrected chi connectivity index (χ4v) is 4.47. The molecule has 1 aromatic carbocycles. The van der Waals surface area contributed by atoms with E-state index in [1.165, 1.54) is 7.11 Å². The van der Waals surface area contributed by atoms with Crippen molar-refractivity contribution in [2.45, 2.75) is 32.4 Å². The van der Waals surface area contributed by atoms with Crippen LogP contribution < -0.4 is 10.1 Å². The van der Waals surface area contributed by atoms with Gasteiger partial charge >= 0.3 is 5.97 Å². The summed E-state index contributed by atoms with van der Waals surface area (Å²) in [5.74, 6) is 1.14. The van der Waals surface area contributed by atoms with Crippen LogP contribution >= 0.6 is 0 Å². The predicted octanol–water partition coefficient (Wildman–Crippen LogP) is 4.24. The summed E-state index contributed by atoms with van der Waals surface area (Å²) in [6.07, 6.45) is 3.41. The monoisotopic (exact) mass is 487 g/mol. The summed E-state index contributed by atoms with van der Waals surface area (Å²) < 4.78 is 17.7. The van der Waals surface area contributed by atoms with Crippen LogP contribution in [0.4, 0.5) is 5.82 Å².